The number of benzene rings is 1. The molecule has 2 saturated heterocycles. The van der Waals surface area contributed by atoms with Crippen LogP contribution in [-0.2, 0) is 9.59 Å². The normalized spacial score (nSPS) is 20.7. The molecule has 8 heteroatoms. The van der Waals surface area contributed by atoms with Crippen molar-refractivity contribution in [3.8, 4) is 5.75 Å². The van der Waals surface area contributed by atoms with Gasteiger partial charge in [-0.25, -0.2) is 4.79 Å². The van der Waals surface area contributed by atoms with E-state index in [1.807, 2.05) is 17.0 Å². The van der Waals surface area contributed by atoms with E-state index in [4.69, 9.17) is 16.3 Å². The quantitative estimate of drug-likeness (QED) is 0.766. The summed E-state index contributed by atoms with van der Waals surface area (Å²) < 4.78 is 5.27. The van der Waals surface area contributed by atoms with Crippen molar-refractivity contribution in [2.24, 2.45) is 0 Å². The molecule has 2 fully saturated rings. The van der Waals surface area contributed by atoms with E-state index in [9.17, 15) is 14.4 Å². The van der Waals surface area contributed by atoms with Crippen molar-refractivity contribution in [3.05, 3.63) is 28.8 Å². The fraction of sp³-hybridized carbons (Fsp3) is 0.500. The minimum Gasteiger partial charge on any atom is -0.497 e. The fourth-order valence-corrected chi connectivity index (χ4v) is 3.72. The van der Waals surface area contributed by atoms with Crippen LogP contribution in [0.15, 0.2) is 18.2 Å². The number of urea groups is 1. The largest absolute Gasteiger partial charge is 0.497 e. The number of hydrogen-bond donors (Lipinski definition) is 2. The van der Waals surface area contributed by atoms with Crippen LogP contribution in [0, 0.1) is 0 Å². The van der Waals surface area contributed by atoms with Gasteiger partial charge in [0, 0.05) is 24.5 Å². The van der Waals surface area contributed by atoms with E-state index in [-0.39, 0.29) is 18.2 Å². The van der Waals surface area contributed by atoms with Crippen LogP contribution in [0.2, 0.25) is 5.02 Å². The third kappa shape index (κ3) is 4.27. The van der Waals surface area contributed by atoms with Crippen molar-refractivity contribution in [2.75, 3.05) is 20.2 Å². The van der Waals surface area contributed by atoms with Gasteiger partial charge in [-0.3, -0.25) is 14.9 Å². The topological polar surface area (TPSA) is 87.7 Å². The summed E-state index contributed by atoms with van der Waals surface area (Å²) in [6.07, 6.45) is 2.28. The first kappa shape index (κ1) is 18.5. The molecule has 1 aromatic rings. The van der Waals surface area contributed by atoms with Gasteiger partial charge in [0.2, 0.25) is 5.91 Å². The van der Waals surface area contributed by atoms with Crippen LogP contribution in [0.1, 0.15) is 37.2 Å². The Balaban J connectivity index is 1.50. The maximum absolute atomic E-state index is 12.4. The van der Waals surface area contributed by atoms with E-state index >= 15 is 0 Å². The number of ether oxygens (including phenoxy) is 1. The maximum Gasteiger partial charge on any atom is 0.322 e. The Morgan fingerprint density at radius 2 is 2.00 bits per heavy atom. The van der Waals surface area contributed by atoms with Gasteiger partial charge in [-0.05, 0) is 48.9 Å². The lowest BCUT2D eigenvalue weighted by Gasteiger charge is -2.32. The van der Waals surface area contributed by atoms with E-state index in [1.54, 1.807) is 13.2 Å². The molecule has 1 atom stereocenters. The Hall–Kier alpha value is -2.28. The predicted molar refractivity (Wildman–Crippen MR) is 96.3 cm³/mol. The number of halogens is 1. The van der Waals surface area contributed by atoms with Crippen molar-refractivity contribution >= 4 is 29.4 Å². The van der Waals surface area contributed by atoms with Gasteiger partial charge in [-0.15, -0.1) is 0 Å². The van der Waals surface area contributed by atoms with Crippen LogP contribution in [0.3, 0.4) is 0 Å². The molecule has 2 aliphatic heterocycles. The Kier molecular flexibility index (Phi) is 5.66. The smallest absolute Gasteiger partial charge is 0.322 e. The van der Waals surface area contributed by atoms with Crippen LogP contribution < -0.4 is 15.4 Å². The Bertz CT molecular complexity index is 716. The molecule has 0 aromatic heterocycles. The molecular weight excluding hydrogens is 358 g/mol. The van der Waals surface area contributed by atoms with Gasteiger partial charge in [-0.1, -0.05) is 11.6 Å². The van der Waals surface area contributed by atoms with Gasteiger partial charge in [0.25, 0.3) is 5.91 Å². The zero-order valence-electron chi connectivity index (χ0n) is 14.6. The molecule has 7 nitrogen and oxygen atoms in total. The van der Waals surface area contributed by atoms with Gasteiger partial charge in [-0.2, -0.15) is 0 Å². The van der Waals surface area contributed by atoms with E-state index in [0.717, 1.165) is 24.2 Å². The van der Waals surface area contributed by atoms with Crippen molar-refractivity contribution in [3.63, 3.8) is 0 Å². The number of amides is 4. The van der Waals surface area contributed by atoms with E-state index < -0.39 is 12.1 Å². The molecule has 1 aromatic carbocycles. The average Bonchev–Trinajstić information content (AvgIpc) is 2.96. The molecule has 2 N–H and O–H groups in total. The van der Waals surface area contributed by atoms with Crippen molar-refractivity contribution in [2.45, 2.75) is 37.6 Å². The summed E-state index contributed by atoms with van der Waals surface area (Å²) >= 11 is 6.15. The summed E-state index contributed by atoms with van der Waals surface area (Å²) in [6, 6.07) is 4.62. The molecule has 1 unspecified atom stereocenters. The van der Waals surface area contributed by atoms with Gasteiger partial charge in [0.15, 0.2) is 0 Å². The number of imide groups is 1. The van der Waals surface area contributed by atoms with Crippen molar-refractivity contribution in [1.29, 1.82) is 0 Å². The maximum atomic E-state index is 12.4. The molecule has 0 spiro atoms. The predicted octanol–water partition coefficient (Wildman–Crippen LogP) is 2.04. The van der Waals surface area contributed by atoms with Crippen LogP contribution in [-0.4, -0.2) is 49.0 Å². The number of nitrogens with zero attached hydrogens (tertiary/aromatic N) is 1. The standard InChI is InChI=1S/C18H22ClN3O4/c1-26-14-9-12(8-13(19)10-14)11-4-6-22(7-5-11)16(23)3-2-15-17(24)21-18(25)20-15/h8-11,15H,2-7H2,1H3,(H2,20,21,24,25). The van der Waals surface area contributed by atoms with Crippen molar-refractivity contribution in [1.82, 2.24) is 15.5 Å². The highest BCUT2D eigenvalue weighted by Gasteiger charge is 2.31. The lowest BCUT2D eigenvalue weighted by Crippen LogP contribution is -2.39. The van der Waals surface area contributed by atoms with Gasteiger partial charge >= 0.3 is 6.03 Å². The van der Waals surface area contributed by atoms with Gasteiger partial charge in [0.1, 0.15) is 11.8 Å². The fourth-order valence-electron chi connectivity index (χ4n) is 3.49. The summed E-state index contributed by atoms with van der Waals surface area (Å²) in [5, 5.41) is 5.33. The summed E-state index contributed by atoms with van der Waals surface area (Å²) in [7, 11) is 1.61. The van der Waals surface area contributed by atoms with Crippen molar-refractivity contribution < 1.29 is 19.1 Å². The molecule has 2 heterocycles. The second kappa shape index (κ2) is 7.95. The number of rotatable bonds is 5. The highest BCUT2D eigenvalue weighted by atomic mass is 35.5. The molecule has 0 radical (unpaired) electrons. The number of hydrogen-bond acceptors (Lipinski definition) is 4. The monoisotopic (exact) mass is 379 g/mol. The number of carbonyl (C=O) groups is 3. The highest BCUT2D eigenvalue weighted by molar-refractivity contribution is 6.30. The first-order valence-electron chi connectivity index (χ1n) is 8.70. The number of nitrogens with one attached hydrogen (secondary N) is 2. The van der Waals surface area contributed by atoms with Gasteiger partial charge in [0.05, 0.1) is 7.11 Å². The SMILES string of the molecule is COc1cc(Cl)cc(C2CCN(C(=O)CCC3NC(=O)NC3=O)CC2)c1. The highest BCUT2D eigenvalue weighted by Crippen LogP contribution is 2.32. The average molecular weight is 380 g/mol. The number of likely N-dealkylation sites (tertiary alicyclic amines) is 1. The van der Waals surface area contributed by atoms with Crippen LogP contribution >= 0.6 is 11.6 Å². The molecule has 26 heavy (non-hydrogen) atoms. The number of carbonyl (C=O) groups excluding carboxylic acids is 3. The number of methoxy groups -OCH3 is 1. The van der Waals surface area contributed by atoms with Crippen LogP contribution in [0.5, 0.6) is 5.75 Å². The Morgan fingerprint density at radius 1 is 1.27 bits per heavy atom. The summed E-state index contributed by atoms with van der Waals surface area (Å²) in [6.45, 7) is 1.34. The minimum atomic E-state index is -0.608. The third-order valence-corrected chi connectivity index (χ3v) is 5.17. The van der Waals surface area contributed by atoms with Crippen LogP contribution in [0.4, 0.5) is 4.79 Å². The molecular formula is C18H22ClN3O4. The van der Waals surface area contributed by atoms with E-state index in [1.165, 1.54) is 0 Å². The first-order chi connectivity index (χ1) is 12.5. The Morgan fingerprint density at radius 3 is 2.62 bits per heavy atom. The lowest BCUT2D eigenvalue weighted by molar-refractivity contribution is -0.132. The second-order valence-corrected chi connectivity index (χ2v) is 7.07. The first-order valence-corrected chi connectivity index (χ1v) is 9.07. The Labute approximate surface area is 157 Å². The molecule has 0 saturated carbocycles. The minimum absolute atomic E-state index is 0.0149. The molecule has 4 amide bonds. The molecule has 0 aliphatic carbocycles. The zero-order chi connectivity index (χ0) is 18.7. The third-order valence-electron chi connectivity index (χ3n) is 4.95. The summed E-state index contributed by atoms with van der Waals surface area (Å²) in [5.74, 6) is 0.729. The second-order valence-electron chi connectivity index (χ2n) is 6.63. The molecule has 0 bridgehead atoms. The molecule has 140 valence electrons. The van der Waals surface area contributed by atoms with Gasteiger partial charge < -0.3 is 15.0 Å². The summed E-state index contributed by atoms with van der Waals surface area (Å²) in [5.41, 5.74) is 1.13. The van der Waals surface area contributed by atoms with Crippen LogP contribution in [0.25, 0.3) is 0 Å². The molecule has 2 aliphatic rings. The molecule has 3 rings (SSSR count). The van der Waals surface area contributed by atoms with E-state index in [2.05, 4.69) is 10.6 Å². The van der Waals surface area contributed by atoms with E-state index in [0.29, 0.717) is 30.5 Å². The lowest BCUT2D eigenvalue weighted by atomic mass is 9.89. The summed E-state index contributed by atoms with van der Waals surface area (Å²) in [4.78, 5) is 36.8. The number of piperidine rings is 1. The zero-order valence-corrected chi connectivity index (χ0v) is 15.3.